The van der Waals surface area contributed by atoms with Gasteiger partial charge in [-0.25, -0.2) is 13.8 Å². The van der Waals surface area contributed by atoms with E-state index in [2.05, 4.69) is 10.3 Å². The second-order valence-electron chi connectivity index (χ2n) is 6.09. The van der Waals surface area contributed by atoms with Gasteiger partial charge in [0.15, 0.2) is 0 Å². The van der Waals surface area contributed by atoms with Crippen LogP contribution in [0.5, 0.6) is 0 Å². The van der Waals surface area contributed by atoms with Crippen LogP contribution in [-0.2, 0) is 19.8 Å². The fraction of sp³-hybridized carbons (Fsp3) is 0.235. The van der Waals surface area contributed by atoms with Crippen LogP contribution in [-0.4, -0.2) is 26.5 Å². The molecule has 3 aromatic rings. The standard InChI is InChI=1S/C17H12ClF5N4O2S/c1-26-3-2-24-14(26)9-4-8(6-27(16(9)29)7-12(19)20)25-15(28)13-10(18)5-11(30-13)17(21,22)23/h2-6,12H,7H2,1H3,(H,25,28). The van der Waals surface area contributed by atoms with E-state index in [4.69, 9.17) is 11.6 Å². The number of nitrogens with one attached hydrogen (secondary N) is 1. The molecule has 30 heavy (non-hydrogen) atoms. The average Bonchev–Trinajstić information content (AvgIpc) is 3.22. The van der Waals surface area contributed by atoms with Gasteiger partial charge in [0.05, 0.1) is 22.8 Å². The van der Waals surface area contributed by atoms with Crippen molar-refractivity contribution in [2.45, 2.75) is 19.1 Å². The number of nitrogens with zero attached hydrogens (tertiary/aromatic N) is 3. The summed E-state index contributed by atoms with van der Waals surface area (Å²) in [4.78, 5) is 27.5. The number of alkyl halides is 5. The Kier molecular flexibility index (Phi) is 5.99. The SMILES string of the molecule is Cn1ccnc1-c1cc(NC(=O)c2sc(C(F)(F)F)cc2Cl)cn(CC(F)F)c1=O. The molecule has 3 aromatic heterocycles. The number of thiophene rings is 1. The molecule has 0 fully saturated rings. The molecule has 0 aliphatic carbocycles. The van der Waals surface area contributed by atoms with Crippen LogP contribution in [0, 0.1) is 0 Å². The molecule has 0 saturated heterocycles. The number of imidazole rings is 1. The summed E-state index contributed by atoms with van der Waals surface area (Å²) in [6, 6.07) is 1.83. The Morgan fingerprint density at radius 1 is 1.33 bits per heavy atom. The second-order valence-corrected chi connectivity index (χ2v) is 7.55. The zero-order valence-electron chi connectivity index (χ0n) is 15.0. The monoisotopic (exact) mass is 466 g/mol. The molecule has 0 aliphatic rings. The summed E-state index contributed by atoms with van der Waals surface area (Å²) in [5.74, 6) is -0.818. The summed E-state index contributed by atoms with van der Waals surface area (Å²) in [7, 11) is 1.58. The van der Waals surface area contributed by atoms with Crippen molar-refractivity contribution in [3.05, 3.63) is 55.9 Å². The van der Waals surface area contributed by atoms with E-state index in [1.807, 2.05) is 0 Å². The smallest absolute Gasteiger partial charge is 0.334 e. The molecular weight excluding hydrogens is 455 g/mol. The molecule has 0 saturated carbocycles. The number of hydrogen-bond donors (Lipinski definition) is 1. The van der Waals surface area contributed by atoms with Crippen LogP contribution in [0.4, 0.5) is 27.6 Å². The Bertz CT molecular complexity index is 1150. The maximum Gasteiger partial charge on any atom is 0.425 e. The number of aromatic nitrogens is 3. The minimum atomic E-state index is -4.68. The molecule has 0 aliphatic heterocycles. The maximum atomic E-state index is 12.9. The Balaban J connectivity index is 2.02. The van der Waals surface area contributed by atoms with Crippen molar-refractivity contribution >= 4 is 34.5 Å². The molecule has 6 nitrogen and oxygen atoms in total. The molecule has 0 unspecified atom stereocenters. The van der Waals surface area contributed by atoms with Crippen molar-refractivity contribution in [2.24, 2.45) is 7.05 Å². The Labute approximate surface area is 174 Å². The zero-order chi connectivity index (χ0) is 22.2. The van der Waals surface area contributed by atoms with Gasteiger partial charge < -0.3 is 14.5 Å². The number of hydrogen-bond acceptors (Lipinski definition) is 4. The zero-order valence-corrected chi connectivity index (χ0v) is 16.6. The third kappa shape index (κ3) is 4.54. The summed E-state index contributed by atoms with van der Waals surface area (Å²) in [5.41, 5.74) is -0.929. The average molecular weight is 467 g/mol. The summed E-state index contributed by atoms with van der Waals surface area (Å²) in [5, 5.41) is 1.90. The van der Waals surface area contributed by atoms with E-state index in [0.29, 0.717) is 10.6 Å². The number of pyridine rings is 1. The Hall–Kier alpha value is -2.73. The van der Waals surface area contributed by atoms with Crippen LogP contribution in [0.2, 0.25) is 5.02 Å². The lowest BCUT2D eigenvalue weighted by atomic mass is 10.2. The van der Waals surface area contributed by atoms with Gasteiger partial charge in [-0.05, 0) is 12.1 Å². The highest BCUT2D eigenvalue weighted by Gasteiger charge is 2.34. The van der Waals surface area contributed by atoms with E-state index >= 15 is 0 Å². The van der Waals surface area contributed by atoms with Gasteiger partial charge in [0.1, 0.15) is 15.6 Å². The number of amides is 1. The van der Waals surface area contributed by atoms with Gasteiger partial charge >= 0.3 is 6.18 Å². The molecule has 0 bridgehead atoms. The van der Waals surface area contributed by atoms with Crippen LogP contribution in [0.1, 0.15) is 14.5 Å². The fourth-order valence-electron chi connectivity index (χ4n) is 2.62. The van der Waals surface area contributed by atoms with Crippen molar-refractivity contribution in [2.75, 3.05) is 5.32 Å². The van der Waals surface area contributed by atoms with E-state index in [1.165, 1.54) is 23.0 Å². The van der Waals surface area contributed by atoms with E-state index in [9.17, 15) is 31.5 Å². The van der Waals surface area contributed by atoms with Gasteiger partial charge in [-0.3, -0.25) is 9.59 Å². The quantitative estimate of drug-likeness (QED) is 0.563. The van der Waals surface area contributed by atoms with Crippen molar-refractivity contribution in [3.63, 3.8) is 0 Å². The van der Waals surface area contributed by atoms with E-state index in [1.54, 1.807) is 7.05 Å². The van der Waals surface area contributed by atoms with Crippen molar-refractivity contribution in [1.82, 2.24) is 14.1 Å². The first-order chi connectivity index (χ1) is 14.0. The minimum absolute atomic E-state index is 0.0748. The lowest BCUT2D eigenvalue weighted by Crippen LogP contribution is -2.26. The van der Waals surface area contributed by atoms with E-state index < -0.39 is 45.4 Å². The van der Waals surface area contributed by atoms with Gasteiger partial charge in [0.25, 0.3) is 17.9 Å². The molecule has 0 spiro atoms. The molecule has 3 heterocycles. The topological polar surface area (TPSA) is 68.9 Å². The summed E-state index contributed by atoms with van der Waals surface area (Å²) in [6.07, 6.45) is -3.64. The summed E-state index contributed by atoms with van der Waals surface area (Å²) < 4.78 is 66.5. The molecule has 13 heteroatoms. The van der Waals surface area contributed by atoms with Gasteiger partial charge in [-0.15, -0.1) is 11.3 Å². The predicted octanol–water partition coefficient (Wildman–Crippen LogP) is 4.50. The van der Waals surface area contributed by atoms with Crippen molar-refractivity contribution < 1.29 is 26.7 Å². The van der Waals surface area contributed by atoms with E-state index in [0.717, 1.165) is 6.20 Å². The summed E-state index contributed by atoms with van der Waals surface area (Å²) in [6.45, 7) is -0.946. The third-order valence-corrected chi connectivity index (χ3v) is 5.50. The number of carbonyl (C=O) groups is 1. The Morgan fingerprint density at radius 3 is 2.57 bits per heavy atom. The lowest BCUT2D eigenvalue weighted by molar-refractivity contribution is -0.134. The second kappa shape index (κ2) is 8.19. The predicted molar refractivity (Wildman–Crippen MR) is 101 cm³/mol. The number of aryl methyl sites for hydroxylation is 1. The highest BCUT2D eigenvalue weighted by Crippen LogP contribution is 2.39. The van der Waals surface area contributed by atoms with Crippen LogP contribution in [0.15, 0.2) is 35.5 Å². The molecule has 160 valence electrons. The van der Waals surface area contributed by atoms with Crippen LogP contribution < -0.4 is 10.9 Å². The van der Waals surface area contributed by atoms with Crippen LogP contribution in [0.25, 0.3) is 11.4 Å². The lowest BCUT2D eigenvalue weighted by Gasteiger charge is -2.12. The number of rotatable bonds is 5. The van der Waals surface area contributed by atoms with Gasteiger partial charge in [0, 0.05) is 25.6 Å². The molecular formula is C17H12ClF5N4O2S. The number of halogens is 6. The molecule has 1 N–H and O–H groups in total. The molecule has 0 radical (unpaired) electrons. The maximum absolute atomic E-state index is 12.9. The van der Waals surface area contributed by atoms with Crippen molar-refractivity contribution in [3.8, 4) is 11.4 Å². The third-order valence-electron chi connectivity index (χ3n) is 3.91. The number of carbonyl (C=O) groups excluding carboxylic acids is 1. The molecule has 0 atom stereocenters. The Morgan fingerprint density at radius 2 is 2.03 bits per heavy atom. The first kappa shape index (κ1) is 22.0. The molecule has 0 aromatic carbocycles. The van der Waals surface area contributed by atoms with Crippen molar-refractivity contribution in [1.29, 1.82) is 0 Å². The molecule has 1 amide bonds. The highest BCUT2D eigenvalue weighted by atomic mass is 35.5. The van der Waals surface area contributed by atoms with E-state index in [-0.39, 0.29) is 28.4 Å². The first-order valence-corrected chi connectivity index (χ1v) is 9.35. The largest absolute Gasteiger partial charge is 0.425 e. The van der Waals surface area contributed by atoms with Gasteiger partial charge in [0.2, 0.25) is 0 Å². The minimum Gasteiger partial charge on any atom is -0.334 e. The van der Waals surface area contributed by atoms with Gasteiger partial charge in [-0.1, -0.05) is 11.6 Å². The van der Waals surface area contributed by atoms with Gasteiger partial charge in [-0.2, -0.15) is 13.2 Å². The molecule has 3 rings (SSSR count). The van der Waals surface area contributed by atoms with Crippen LogP contribution in [0.3, 0.4) is 0 Å². The number of anilines is 1. The fourth-order valence-corrected chi connectivity index (χ4v) is 3.81. The van der Waals surface area contributed by atoms with Crippen LogP contribution >= 0.6 is 22.9 Å². The normalized spacial score (nSPS) is 11.9. The first-order valence-electron chi connectivity index (χ1n) is 8.15. The highest BCUT2D eigenvalue weighted by molar-refractivity contribution is 7.15. The summed E-state index contributed by atoms with van der Waals surface area (Å²) >= 11 is 5.89.